The van der Waals surface area contributed by atoms with Crippen LogP contribution in [-0.4, -0.2) is 64.8 Å². The van der Waals surface area contributed by atoms with Gasteiger partial charge in [0.1, 0.15) is 0 Å². The van der Waals surface area contributed by atoms with Gasteiger partial charge in [-0.2, -0.15) is 0 Å². The van der Waals surface area contributed by atoms with Crippen LogP contribution in [0.2, 0.25) is 0 Å². The van der Waals surface area contributed by atoms with Gasteiger partial charge in [0.2, 0.25) is 0 Å². The van der Waals surface area contributed by atoms with Gasteiger partial charge >= 0.3 is 17.6 Å². The molecule has 0 amide bonds. The van der Waals surface area contributed by atoms with Crippen LogP contribution in [0.3, 0.4) is 0 Å². The predicted molar refractivity (Wildman–Crippen MR) is 110 cm³/mol. The molecule has 17 heteroatoms. The molecular formula is C16H28GeN8O8. The number of hydrogen-bond acceptors (Lipinski definition) is 12. The first-order valence-corrected chi connectivity index (χ1v) is 8.62. The molecule has 0 saturated carbocycles. The van der Waals surface area contributed by atoms with Gasteiger partial charge in [-0.25, -0.2) is 0 Å². The fourth-order valence-electron chi connectivity index (χ4n) is 0.947. The average Bonchev–Trinajstić information content (AvgIpc) is 2.63. The summed E-state index contributed by atoms with van der Waals surface area (Å²) >= 11 is 0. The van der Waals surface area contributed by atoms with Crippen LogP contribution in [0.15, 0.2) is 0 Å². The minimum absolute atomic E-state index is 0. The Balaban J connectivity index is -0.000000105. The fourth-order valence-corrected chi connectivity index (χ4v) is 0.947. The van der Waals surface area contributed by atoms with E-state index in [2.05, 4.69) is 0 Å². The van der Waals surface area contributed by atoms with E-state index in [1.54, 1.807) is 0 Å². The van der Waals surface area contributed by atoms with E-state index >= 15 is 0 Å². The van der Waals surface area contributed by atoms with Crippen LogP contribution in [0.4, 0.5) is 0 Å². The number of amidine groups is 4. The van der Waals surface area contributed by atoms with Crippen molar-refractivity contribution in [2.75, 3.05) is 0 Å². The van der Waals surface area contributed by atoms with Crippen molar-refractivity contribution in [3.05, 3.63) is 0 Å². The van der Waals surface area contributed by atoms with Crippen LogP contribution in [0.25, 0.3) is 0 Å². The molecule has 0 saturated heterocycles. The van der Waals surface area contributed by atoms with Gasteiger partial charge < -0.3 is 62.5 Å². The summed E-state index contributed by atoms with van der Waals surface area (Å²) in [7, 11) is 0. The SMILES string of the molecule is N=C(N)CCC(=O)[O-].N=C(N)CCC(=O)[O-].N=C(N)CCC(=O)[O-].N=C(N)CCC(=O)[O-].[Ge+4]. The molecule has 0 aliphatic rings. The number of nitrogens with one attached hydrogen (secondary N) is 4. The molecule has 184 valence electrons. The molecule has 12 N–H and O–H groups in total. The third-order valence-electron chi connectivity index (χ3n) is 2.39. The summed E-state index contributed by atoms with van der Waals surface area (Å²) in [6, 6.07) is 0. The Labute approximate surface area is 200 Å². The zero-order valence-electron chi connectivity index (χ0n) is 17.7. The second-order valence-electron chi connectivity index (χ2n) is 5.59. The van der Waals surface area contributed by atoms with Crippen molar-refractivity contribution in [1.29, 1.82) is 21.6 Å². The van der Waals surface area contributed by atoms with Crippen molar-refractivity contribution in [2.24, 2.45) is 22.9 Å². The third-order valence-corrected chi connectivity index (χ3v) is 2.39. The van der Waals surface area contributed by atoms with Crippen LogP contribution in [0.5, 0.6) is 0 Å². The Bertz CT molecular complexity index is 505. The van der Waals surface area contributed by atoms with E-state index in [1.165, 1.54) is 0 Å². The molecule has 0 aliphatic carbocycles. The molecule has 16 nitrogen and oxygen atoms in total. The first-order valence-electron chi connectivity index (χ1n) is 8.62. The molecular weight excluding hydrogens is 505 g/mol. The molecule has 0 heterocycles. The van der Waals surface area contributed by atoms with Crippen LogP contribution in [-0.2, 0) is 19.2 Å². The predicted octanol–water partition coefficient (Wildman–Crippen LogP) is -6.57. The number of aliphatic carboxylic acids is 4. The monoisotopic (exact) mass is 534 g/mol. The summed E-state index contributed by atoms with van der Waals surface area (Å²) in [5.41, 5.74) is 19.3. The van der Waals surface area contributed by atoms with Gasteiger partial charge in [-0.3, -0.25) is 21.6 Å². The molecule has 0 fully saturated rings. The minimum atomic E-state index is -1.17. The van der Waals surface area contributed by atoms with Gasteiger partial charge in [-0.05, 0) is 25.7 Å². The van der Waals surface area contributed by atoms with Gasteiger partial charge in [0, 0.05) is 49.6 Å². The summed E-state index contributed by atoms with van der Waals surface area (Å²) in [5.74, 6) is -5.13. The molecule has 0 unspecified atom stereocenters. The topological polar surface area (TPSA) is 360 Å². The van der Waals surface area contributed by atoms with Crippen molar-refractivity contribution >= 4 is 64.8 Å². The molecule has 0 bridgehead atoms. The largest absolute Gasteiger partial charge is 4.00 e. The van der Waals surface area contributed by atoms with Crippen LogP contribution < -0.4 is 43.4 Å². The molecule has 33 heavy (non-hydrogen) atoms. The van der Waals surface area contributed by atoms with Crippen molar-refractivity contribution in [3.63, 3.8) is 0 Å². The molecule has 0 aromatic carbocycles. The van der Waals surface area contributed by atoms with E-state index < -0.39 is 23.9 Å². The summed E-state index contributed by atoms with van der Waals surface area (Å²) in [5, 5.41) is 64.9. The second-order valence-corrected chi connectivity index (χ2v) is 5.59. The van der Waals surface area contributed by atoms with Crippen molar-refractivity contribution in [1.82, 2.24) is 0 Å². The van der Waals surface area contributed by atoms with Gasteiger partial charge in [0.25, 0.3) is 0 Å². The average molecular weight is 533 g/mol. The first-order chi connectivity index (χ1) is 14.5. The van der Waals surface area contributed by atoms with Crippen LogP contribution in [0, 0.1) is 21.6 Å². The van der Waals surface area contributed by atoms with E-state index in [4.69, 9.17) is 44.6 Å². The normalized spacial score (nSPS) is 8.24. The zero-order chi connectivity index (χ0) is 26.3. The van der Waals surface area contributed by atoms with Gasteiger partial charge in [-0.15, -0.1) is 0 Å². The van der Waals surface area contributed by atoms with E-state index in [9.17, 15) is 39.6 Å². The Hall–Kier alpha value is -3.70. The van der Waals surface area contributed by atoms with Crippen molar-refractivity contribution in [3.8, 4) is 0 Å². The first kappa shape index (κ1) is 39.7. The maximum Gasteiger partial charge on any atom is 4.00 e. The summed E-state index contributed by atoms with van der Waals surface area (Å²) in [6.45, 7) is 0. The van der Waals surface area contributed by atoms with E-state index in [0.29, 0.717) is 0 Å². The number of carbonyl (C=O) groups excluding carboxylic acids is 4. The zero-order valence-corrected chi connectivity index (χ0v) is 19.8. The number of rotatable bonds is 12. The number of nitrogens with two attached hydrogens (primary N) is 4. The maximum atomic E-state index is 9.64. The van der Waals surface area contributed by atoms with E-state index in [0.717, 1.165) is 0 Å². The molecule has 0 aromatic heterocycles. The maximum absolute atomic E-state index is 9.64. The smallest absolute Gasteiger partial charge is 0.550 e. The summed E-state index contributed by atoms with van der Waals surface area (Å²) in [4.78, 5) is 38.6. The van der Waals surface area contributed by atoms with E-state index in [1.807, 2.05) is 0 Å². The van der Waals surface area contributed by atoms with Crippen LogP contribution >= 0.6 is 0 Å². The van der Waals surface area contributed by atoms with Crippen LogP contribution in [0.1, 0.15) is 51.4 Å². The second kappa shape index (κ2) is 26.3. The Morgan fingerprint density at radius 2 is 0.545 bits per heavy atom. The van der Waals surface area contributed by atoms with Crippen molar-refractivity contribution in [2.45, 2.75) is 51.4 Å². The Morgan fingerprint density at radius 1 is 0.424 bits per heavy atom. The standard InChI is InChI=1S/4C4H8N2O2.Ge/c4*5-3(6)1-2-4(7)8;/h4*1-2H2,(H3,5,6)(H,7,8);/q;;;;+4/p-4. The Kier molecular flexibility index (Phi) is 31.7. The summed E-state index contributed by atoms with van der Waals surface area (Å²) in [6.07, 6.45) is -0.287. The molecule has 0 atom stereocenters. The number of carbonyl (C=O) groups is 4. The molecule has 0 aliphatic heterocycles. The van der Waals surface area contributed by atoms with Gasteiger partial charge in [0.05, 0.1) is 23.3 Å². The van der Waals surface area contributed by atoms with E-state index in [-0.39, 0.29) is 92.3 Å². The van der Waals surface area contributed by atoms with Gasteiger partial charge in [0.15, 0.2) is 0 Å². The van der Waals surface area contributed by atoms with Crippen molar-refractivity contribution < 1.29 is 39.6 Å². The number of carboxylic acid groups (broad SMARTS) is 4. The number of carboxylic acids is 4. The summed E-state index contributed by atoms with van der Waals surface area (Å²) < 4.78 is 0. The molecule has 0 spiro atoms. The minimum Gasteiger partial charge on any atom is -0.550 e. The third kappa shape index (κ3) is 73.7. The molecule has 0 radical (unpaired) electrons. The molecule has 0 rings (SSSR count). The number of hydrogen-bond donors (Lipinski definition) is 8. The molecule has 0 aromatic rings. The van der Waals surface area contributed by atoms with Gasteiger partial charge in [-0.1, -0.05) is 0 Å². The fraction of sp³-hybridized carbons (Fsp3) is 0.500. The quantitative estimate of drug-likeness (QED) is 0.0659. The Morgan fingerprint density at radius 3 is 0.576 bits per heavy atom.